The van der Waals surface area contributed by atoms with E-state index in [0.717, 1.165) is 27.9 Å². The number of rotatable bonds is 4. The van der Waals surface area contributed by atoms with E-state index in [1.807, 2.05) is 24.5 Å². The van der Waals surface area contributed by atoms with E-state index in [1.165, 1.54) is 6.33 Å². The third kappa shape index (κ3) is 2.76. The molecule has 1 N–H and O–H groups in total. The SMILES string of the molecule is C#CC1C=C(C(CC#N)n2cc(-c3ncnc4[nH]ccc34)cn2)C=NC1. The van der Waals surface area contributed by atoms with Crippen LogP contribution in [0.3, 0.4) is 0 Å². The zero-order valence-electron chi connectivity index (χ0n) is 13.9. The quantitative estimate of drug-likeness (QED) is 0.738. The molecule has 1 aliphatic rings. The highest BCUT2D eigenvalue weighted by Crippen LogP contribution is 2.28. The Morgan fingerprint density at radius 2 is 2.35 bits per heavy atom. The van der Waals surface area contributed by atoms with Gasteiger partial charge in [0.05, 0.1) is 42.9 Å². The molecule has 0 saturated carbocycles. The molecule has 4 rings (SSSR count). The Labute approximate surface area is 150 Å². The Kier molecular flexibility index (Phi) is 4.04. The van der Waals surface area contributed by atoms with Crippen molar-refractivity contribution in [3.05, 3.63) is 42.6 Å². The zero-order chi connectivity index (χ0) is 17.9. The smallest absolute Gasteiger partial charge is 0.141 e. The molecule has 2 unspecified atom stereocenters. The lowest BCUT2D eigenvalue weighted by Crippen LogP contribution is -2.17. The van der Waals surface area contributed by atoms with Gasteiger partial charge in [-0.3, -0.25) is 9.67 Å². The number of terminal acetylenes is 1. The minimum atomic E-state index is -0.239. The van der Waals surface area contributed by atoms with Crippen molar-refractivity contribution in [1.82, 2.24) is 24.7 Å². The molecule has 2 atom stereocenters. The minimum Gasteiger partial charge on any atom is -0.346 e. The molecule has 0 aromatic carbocycles. The van der Waals surface area contributed by atoms with Gasteiger partial charge in [-0.25, -0.2) is 9.97 Å². The average molecular weight is 341 g/mol. The van der Waals surface area contributed by atoms with Crippen molar-refractivity contribution < 1.29 is 0 Å². The molecule has 0 amide bonds. The van der Waals surface area contributed by atoms with Crippen LogP contribution in [0.2, 0.25) is 0 Å². The molecule has 0 aliphatic carbocycles. The molecule has 3 aromatic rings. The lowest BCUT2D eigenvalue weighted by atomic mass is 9.97. The van der Waals surface area contributed by atoms with Crippen molar-refractivity contribution in [2.75, 3.05) is 6.54 Å². The standard InChI is InChI=1S/C19H15N7/c1-2-13-7-14(9-21-8-13)17(3-5-20)26-11-15(10-25-26)18-16-4-6-22-19(16)24-12-23-18/h1,4,6-7,9-13,17H,3,8H2,(H,22,23,24). The van der Waals surface area contributed by atoms with E-state index >= 15 is 0 Å². The van der Waals surface area contributed by atoms with Gasteiger partial charge in [-0.05, 0) is 11.6 Å². The summed E-state index contributed by atoms with van der Waals surface area (Å²) in [4.78, 5) is 16.0. The summed E-state index contributed by atoms with van der Waals surface area (Å²) < 4.78 is 1.77. The summed E-state index contributed by atoms with van der Waals surface area (Å²) in [6.07, 6.45) is 16.6. The fraction of sp³-hybridized carbons (Fsp3) is 0.211. The molecule has 0 radical (unpaired) electrons. The van der Waals surface area contributed by atoms with Gasteiger partial charge in [0.2, 0.25) is 0 Å². The third-order valence-electron chi connectivity index (χ3n) is 4.37. The van der Waals surface area contributed by atoms with Crippen LogP contribution in [0.4, 0.5) is 0 Å². The maximum atomic E-state index is 9.26. The second-order valence-electron chi connectivity index (χ2n) is 5.98. The van der Waals surface area contributed by atoms with Crippen molar-refractivity contribution >= 4 is 17.2 Å². The van der Waals surface area contributed by atoms with Crippen LogP contribution < -0.4 is 0 Å². The number of H-pyrrole nitrogens is 1. The predicted octanol–water partition coefficient (Wildman–Crippen LogP) is 2.54. The van der Waals surface area contributed by atoms with Crippen molar-refractivity contribution in [2.45, 2.75) is 12.5 Å². The van der Waals surface area contributed by atoms with Crippen LogP contribution in [0.1, 0.15) is 12.5 Å². The highest BCUT2D eigenvalue weighted by Gasteiger charge is 2.21. The summed E-state index contributed by atoms with van der Waals surface area (Å²) in [6.45, 7) is 0.579. The average Bonchev–Trinajstić information content (AvgIpc) is 3.35. The Morgan fingerprint density at radius 3 is 3.19 bits per heavy atom. The fourth-order valence-electron chi connectivity index (χ4n) is 3.08. The highest BCUT2D eigenvalue weighted by molar-refractivity contribution is 5.90. The number of nitrogens with one attached hydrogen (secondary N) is 1. The molecule has 1 aliphatic heterocycles. The maximum Gasteiger partial charge on any atom is 0.141 e. The van der Waals surface area contributed by atoms with Gasteiger partial charge in [0, 0.05) is 29.6 Å². The van der Waals surface area contributed by atoms with Crippen molar-refractivity contribution in [3.63, 3.8) is 0 Å². The number of allylic oxidation sites excluding steroid dienone is 1. The van der Waals surface area contributed by atoms with Gasteiger partial charge in [0.15, 0.2) is 0 Å². The number of dihydropyridines is 1. The number of aliphatic imine (C=N–C) groups is 1. The molecule has 126 valence electrons. The number of hydrogen-bond acceptors (Lipinski definition) is 5. The van der Waals surface area contributed by atoms with Gasteiger partial charge in [-0.15, -0.1) is 6.42 Å². The van der Waals surface area contributed by atoms with Gasteiger partial charge in [-0.1, -0.05) is 12.0 Å². The first kappa shape index (κ1) is 15.8. The van der Waals surface area contributed by atoms with E-state index < -0.39 is 0 Å². The van der Waals surface area contributed by atoms with E-state index in [4.69, 9.17) is 6.42 Å². The molecule has 7 nitrogen and oxygen atoms in total. The first-order valence-corrected chi connectivity index (χ1v) is 8.17. The van der Waals surface area contributed by atoms with Crippen LogP contribution in [-0.2, 0) is 0 Å². The Morgan fingerprint density at radius 1 is 1.42 bits per heavy atom. The van der Waals surface area contributed by atoms with Gasteiger partial charge in [0.25, 0.3) is 0 Å². The third-order valence-corrected chi connectivity index (χ3v) is 4.37. The first-order valence-electron chi connectivity index (χ1n) is 8.17. The van der Waals surface area contributed by atoms with Gasteiger partial charge in [0.1, 0.15) is 12.0 Å². The molecule has 0 fully saturated rings. The fourth-order valence-corrected chi connectivity index (χ4v) is 3.08. The highest BCUT2D eigenvalue weighted by atomic mass is 15.3. The topological polar surface area (TPSA) is 95.5 Å². The zero-order valence-corrected chi connectivity index (χ0v) is 13.9. The normalized spacial score (nSPS) is 17.5. The summed E-state index contributed by atoms with van der Waals surface area (Å²) in [5.41, 5.74) is 3.34. The van der Waals surface area contributed by atoms with Crippen LogP contribution >= 0.6 is 0 Å². The molecular weight excluding hydrogens is 326 g/mol. The number of aromatic nitrogens is 5. The molecule has 4 heterocycles. The van der Waals surface area contributed by atoms with Crippen molar-refractivity contribution in [3.8, 4) is 29.7 Å². The van der Waals surface area contributed by atoms with Gasteiger partial charge in [-0.2, -0.15) is 10.4 Å². The number of hydrogen-bond donors (Lipinski definition) is 1. The number of aromatic amines is 1. The summed E-state index contributed by atoms with van der Waals surface area (Å²) in [5, 5.41) is 14.7. The van der Waals surface area contributed by atoms with E-state index in [0.29, 0.717) is 6.54 Å². The molecule has 0 saturated heterocycles. The van der Waals surface area contributed by atoms with Crippen LogP contribution in [0, 0.1) is 29.6 Å². The first-order chi connectivity index (χ1) is 12.8. The van der Waals surface area contributed by atoms with E-state index in [-0.39, 0.29) is 18.4 Å². The summed E-state index contributed by atoms with van der Waals surface area (Å²) in [7, 11) is 0. The summed E-state index contributed by atoms with van der Waals surface area (Å²) in [6, 6.07) is 3.92. The Balaban J connectivity index is 1.73. The van der Waals surface area contributed by atoms with Gasteiger partial charge < -0.3 is 4.98 Å². The Hall–Kier alpha value is -3.71. The van der Waals surface area contributed by atoms with Crippen LogP contribution in [-0.4, -0.2) is 37.5 Å². The molecule has 0 spiro atoms. The van der Waals surface area contributed by atoms with Crippen LogP contribution in [0.25, 0.3) is 22.3 Å². The van der Waals surface area contributed by atoms with Crippen LogP contribution in [0.5, 0.6) is 0 Å². The van der Waals surface area contributed by atoms with Crippen LogP contribution in [0.15, 0.2) is 47.6 Å². The van der Waals surface area contributed by atoms with E-state index in [9.17, 15) is 5.26 Å². The molecule has 3 aromatic heterocycles. The summed E-state index contributed by atoms with van der Waals surface area (Å²) in [5.74, 6) is 2.66. The largest absolute Gasteiger partial charge is 0.346 e. The molecule has 7 heteroatoms. The Bertz CT molecular complexity index is 1090. The van der Waals surface area contributed by atoms with E-state index in [1.54, 1.807) is 17.1 Å². The number of nitriles is 1. The van der Waals surface area contributed by atoms with E-state index in [2.05, 4.69) is 37.0 Å². The lowest BCUT2D eigenvalue weighted by molar-refractivity contribution is 0.532. The second-order valence-corrected chi connectivity index (χ2v) is 5.98. The predicted molar refractivity (Wildman–Crippen MR) is 98.1 cm³/mol. The van der Waals surface area contributed by atoms with Crippen molar-refractivity contribution in [2.24, 2.45) is 10.9 Å². The van der Waals surface area contributed by atoms with Gasteiger partial charge >= 0.3 is 0 Å². The molecule has 26 heavy (non-hydrogen) atoms. The minimum absolute atomic E-state index is 0.0485. The molecular formula is C19H15N7. The number of fused-ring (bicyclic) bond motifs is 1. The lowest BCUT2D eigenvalue weighted by Gasteiger charge is -2.19. The van der Waals surface area contributed by atoms with Crippen molar-refractivity contribution in [1.29, 1.82) is 5.26 Å². The summed E-state index contributed by atoms with van der Waals surface area (Å²) >= 11 is 0. The maximum absolute atomic E-state index is 9.26. The molecule has 0 bridgehead atoms. The monoisotopic (exact) mass is 341 g/mol. The second kappa shape index (κ2) is 6.66. The number of nitrogens with zero attached hydrogens (tertiary/aromatic N) is 6.